The molecule has 1 aromatic heterocycles. The summed E-state index contributed by atoms with van der Waals surface area (Å²) in [5, 5.41) is 8.88. The van der Waals surface area contributed by atoms with Crippen LogP contribution in [0.5, 0.6) is 5.75 Å². The summed E-state index contributed by atoms with van der Waals surface area (Å²) in [6.07, 6.45) is 1.49. The lowest BCUT2D eigenvalue weighted by Crippen LogP contribution is -2.17. The number of halogens is 1. The van der Waals surface area contributed by atoms with Gasteiger partial charge in [0.05, 0.1) is 31.1 Å². The monoisotopic (exact) mass is 397 g/mol. The first-order valence-electron chi connectivity index (χ1n) is 8.52. The molecule has 7 nitrogen and oxygen atoms in total. The molecule has 1 heterocycles. The highest BCUT2D eigenvalue weighted by molar-refractivity contribution is 6.32. The van der Waals surface area contributed by atoms with E-state index in [2.05, 4.69) is 15.6 Å². The summed E-state index contributed by atoms with van der Waals surface area (Å²) >= 11 is 6.45. The Balaban J connectivity index is 1.71. The number of nitrogens with one attached hydrogen (secondary N) is 1. The lowest BCUT2D eigenvalue weighted by atomic mass is 10.2. The van der Waals surface area contributed by atoms with Gasteiger partial charge in [0.25, 0.3) is 5.91 Å². The average molecular weight is 398 g/mol. The highest BCUT2D eigenvalue weighted by atomic mass is 35.5. The number of ether oxygens (including phenoxy) is 1. The second-order valence-corrected chi connectivity index (χ2v) is 6.48. The van der Waals surface area contributed by atoms with E-state index in [-0.39, 0.29) is 5.91 Å². The topological polar surface area (TPSA) is 94.5 Å². The Morgan fingerprint density at radius 2 is 2.07 bits per heavy atom. The summed E-state index contributed by atoms with van der Waals surface area (Å²) in [6, 6.07) is 14.2. The molecule has 28 heavy (non-hydrogen) atoms. The van der Waals surface area contributed by atoms with Crippen LogP contribution in [-0.4, -0.2) is 29.0 Å². The number of nitrogens with zero attached hydrogens (tertiary/aromatic N) is 3. The van der Waals surface area contributed by atoms with Crippen molar-refractivity contribution in [2.75, 3.05) is 12.8 Å². The highest BCUT2D eigenvalue weighted by Crippen LogP contribution is 2.20. The van der Waals surface area contributed by atoms with Crippen molar-refractivity contribution in [3.05, 3.63) is 76.1 Å². The number of methoxy groups -OCH3 is 1. The molecule has 0 unspecified atom stereocenters. The van der Waals surface area contributed by atoms with E-state index >= 15 is 0 Å². The van der Waals surface area contributed by atoms with Crippen LogP contribution in [-0.2, 0) is 6.54 Å². The lowest BCUT2D eigenvalue weighted by Gasteiger charge is -2.06. The third kappa shape index (κ3) is 4.50. The van der Waals surface area contributed by atoms with Crippen molar-refractivity contribution < 1.29 is 9.53 Å². The van der Waals surface area contributed by atoms with E-state index in [0.29, 0.717) is 34.2 Å². The number of rotatable bonds is 6. The van der Waals surface area contributed by atoms with E-state index in [0.717, 1.165) is 11.3 Å². The van der Waals surface area contributed by atoms with E-state index in [1.165, 1.54) is 6.21 Å². The zero-order chi connectivity index (χ0) is 20.1. The largest absolute Gasteiger partial charge is 0.497 e. The van der Waals surface area contributed by atoms with Crippen molar-refractivity contribution in [3.63, 3.8) is 0 Å². The molecule has 8 heteroatoms. The van der Waals surface area contributed by atoms with Gasteiger partial charge in [-0.3, -0.25) is 4.79 Å². The van der Waals surface area contributed by atoms with Gasteiger partial charge in [-0.25, -0.2) is 10.1 Å². The molecule has 144 valence electrons. The minimum atomic E-state index is -0.339. The Morgan fingerprint density at radius 3 is 2.79 bits per heavy atom. The fourth-order valence-corrected chi connectivity index (χ4v) is 2.90. The van der Waals surface area contributed by atoms with Crippen molar-refractivity contribution in [3.8, 4) is 5.75 Å². The Morgan fingerprint density at radius 1 is 1.32 bits per heavy atom. The van der Waals surface area contributed by atoms with Gasteiger partial charge in [-0.05, 0) is 48.9 Å². The molecule has 2 aromatic carbocycles. The number of hydrazone groups is 1. The minimum absolute atomic E-state index is 0.339. The second kappa shape index (κ2) is 8.58. The van der Waals surface area contributed by atoms with Crippen molar-refractivity contribution in [1.82, 2.24) is 15.2 Å². The minimum Gasteiger partial charge on any atom is -0.497 e. The van der Waals surface area contributed by atoms with Gasteiger partial charge in [0, 0.05) is 11.3 Å². The van der Waals surface area contributed by atoms with Gasteiger partial charge in [-0.15, -0.1) is 0 Å². The Kier molecular flexibility index (Phi) is 5.96. The molecular formula is C20H20ClN5O2. The van der Waals surface area contributed by atoms with Crippen LogP contribution < -0.4 is 15.9 Å². The molecule has 0 atom stereocenters. The van der Waals surface area contributed by atoms with Crippen LogP contribution in [0.4, 0.5) is 5.69 Å². The molecule has 0 aliphatic carbocycles. The normalized spacial score (nSPS) is 11.0. The number of aryl methyl sites for hydroxylation is 1. The molecule has 3 aromatic rings. The second-order valence-electron chi connectivity index (χ2n) is 6.12. The molecule has 0 spiro atoms. The highest BCUT2D eigenvalue weighted by Gasteiger charge is 2.12. The SMILES string of the molecule is COc1cccc(Cn2nc(C)c(/C=N/NC(=O)c3ccc(N)cc3)c2Cl)c1. The van der Waals surface area contributed by atoms with Gasteiger partial charge in [0.15, 0.2) is 0 Å². The van der Waals surface area contributed by atoms with Gasteiger partial charge in [0.2, 0.25) is 0 Å². The van der Waals surface area contributed by atoms with E-state index in [1.54, 1.807) is 36.1 Å². The van der Waals surface area contributed by atoms with Crippen molar-refractivity contribution in [2.24, 2.45) is 5.10 Å². The summed E-state index contributed by atoms with van der Waals surface area (Å²) in [5.41, 5.74) is 11.5. The number of hydrogen-bond donors (Lipinski definition) is 2. The maximum Gasteiger partial charge on any atom is 0.271 e. The lowest BCUT2D eigenvalue weighted by molar-refractivity contribution is 0.0955. The van der Waals surface area contributed by atoms with Crippen LogP contribution in [0.25, 0.3) is 0 Å². The summed E-state index contributed by atoms with van der Waals surface area (Å²) < 4.78 is 6.91. The molecule has 0 aliphatic rings. The predicted octanol–water partition coefficient (Wildman–Crippen LogP) is 3.25. The molecule has 3 rings (SSSR count). The number of carbonyl (C=O) groups excluding carboxylic acids is 1. The van der Waals surface area contributed by atoms with Gasteiger partial charge in [-0.2, -0.15) is 10.2 Å². The maximum atomic E-state index is 12.1. The smallest absolute Gasteiger partial charge is 0.271 e. The quantitative estimate of drug-likeness (QED) is 0.379. The standard InChI is InChI=1S/C20H20ClN5O2/c1-13-18(11-23-24-20(27)15-6-8-16(22)9-7-15)19(21)26(25-13)12-14-4-3-5-17(10-14)28-2/h3-11H,12,22H2,1-2H3,(H,24,27)/b23-11+. The van der Waals surface area contributed by atoms with Crippen molar-refractivity contribution >= 4 is 29.4 Å². The summed E-state index contributed by atoms with van der Waals surface area (Å²) in [6.45, 7) is 2.32. The fraction of sp³-hybridized carbons (Fsp3) is 0.150. The number of amides is 1. The first kappa shape index (κ1) is 19.4. The first-order chi connectivity index (χ1) is 13.5. The molecular weight excluding hydrogens is 378 g/mol. The fourth-order valence-electron chi connectivity index (χ4n) is 2.62. The van der Waals surface area contributed by atoms with Crippen LogP contribution in [0.2, 0.25) is 5.15 Å². The summed E-state index contributed by atoms with van der Waals surface area (Å²) in [4.78, 5) is 12.1. The van der Waals surface area contributed by atoms with Crippen LogP contribution in [0.1, 0.15) is 27.2 Å². The van der Waals surface area contributed by atoms with Crippen LogP contribution >= 0.6 is 11.6 Å². The number of nitrogen functional groups attached to an aromatic ring is 1. The Labute approximate surface area is 167 Å². The van der Waals surface area contributed by atoms with Crippen molar-refractivity contribution in [2.45, 2.75) is 13.5 Å². The molecule has 0 saturated carbocycles. The first-order valence-corrected chi connectivity index (χ1v) is 8.90. The van der Waals surface area contributed by atoms with E-state index in [1.807, 2.05) is 31.2 Å². The van der Waals surface area contributed by atoms with E-state index in [4.69, 9.17) is 22.1 Å². The van der Waals surface area contributed by atoms with Crippen LogP contribution in [0.15, 0.2) is 53.6 Å². The number of hydrogen-bond acceptors (Lipinski definition) is 5. The average Bonchev–Trinajstić information content (AvgIpc) is 2.96. The molecule has 0 bridgehead atoms. The van der Waals surface area contributed by atoms with Gasteiger partial charge >= 0.3 is 0 Å². The Hall–Kier alpha value is -3.32. The summed E-state index contributed by atoms with van der Waals surface area (Å²) in [7, 11) is 1.62. The zero-order valence-electron chi connectivity index (χ0n) is 15.5. The third-order valence-corrected chi connectivity index (χ3v) is 4.51. The van der Waals surface area contributed by atoms with Gasteiger partial charge in [-0.1, -0.05) is 23.7 Å². The van der Waals surface area contributed by atoms with Crippen LogP contribution in [0.3, 0.4) is 0 Å². The molecule has 0 saturated heterocycles. The van der Waals surface area contributed by atoms with E-state index in [9.17, 15) is 4.79 Å². The predicted molar refractivity (Wildman–Crippen MR) is 110 cm³/mol. The maximum absolute atomic E-state index is 12.1. The Bertz CT molecular complexity index is 1010. The third-order valence-electron chi connectivity index (χ3n) is 4.11. The molecule has 1 amide bonds. The summed E-state index contributed by atoms with van der Waals surface area (Å²) in [5.74, 6) is 0.429. The zero-order valence-corrected chi connectivity index (χ0v) is 16.3. The number of aromatic nitrogens is 2. The molecule has 3 N–H and O–H groups in total. The molecule has 0 aliphatic heterocycles. The number of anilines is 1. The van der Waals surface area contributed by atoms with Gasteiger partial charge in [0.1, 0.15) is 10.9 Å². The molecule has 0 fully saturated rings. The van der Waals surface area contributed by atoms with Crippen molar-refractivity contribution in [1.29, 1.82) is 0 Å². The number of carbonyl (C=O) groups is 1. The number of nitrogens with two attached hydrogens (primary N) is 1. The van der Waals surface area contributed by atoms with Crippen LogP contribution in [0, 0.1) is 6.92 Å². The van der Waals surface area contributed by atoms with Gasteiger partial charge < -0.3 is 10.5 Å². The molecule has 0 radical (unpaired) electrons. The number of benzene rings is 2. The van der Waals surface area contributed by atoms with E-state index < -0.39 is 0 Å².